The number of nitrogens with zero attached hydrogens (tertiary/aromatic N) is 5. The maximum atomic E-state index is 13.8. The van der Waals surface area contributed by atoms with E-state index in [0.717, 1.165) is 17.7 Å². The molecule has 3 N–H and O–H groups in total. The summed E-state index contributed by atoms with van der Waals surface area (Å²) in [7, 11) is 0. The highest BCUT2D eigenvalue weighted by Crippen LogP contribution is 2.25. The number of para-hydroxylation sites is 1. The molecule has 5 aromatic rings. The molecular weight excluding hydrogens is 416 g/mol. The number of hydrogen-bond donors (Lipinski definition) is 3. The van der Waals surface area contributed by atoms with Gasteiger partial charge >= 0.3 is 0 Å². The largest absolute Gasteiger partial charge is 0.358 e. The molecule has 2 aromatic carbocycles. The molecule has 1 atom stereocenters. The van der Waals surface area contributed by atoms with Crippen molar-refractivity contribution < 1.29 is 0 Å². The smallest absolute Gasteiger partial charge is 0.280 e. The lowest BCUT2D eigenvalue weighted by Crippen LogP contribution is -2.34. The summed E-state index contributed by atoms with van der Waals surface area (Å²) in [6.07, 6.45) is 4.46. The van der Waals surface area contributed by atoms with E-state index in [2.05, 4.69) is 30.7 Å². The predicted molar refractivity (Wildman–Crippen MR) is 129 cm³/mol. The molecule has 9 nitrogen and oxygen atoms in total. The molecule has 0 aliphatic carbocycles. The Balaban J connectivity index is 1.68. The monoisotopic (exact) mass is 440 g/mol. The number of aromatic amines is 1. The Hall–Kier alpha value is -4.27. The average molecular weight is 441 g/mol. The first-order chi connectivity index (χ1) is 16.2. The number of aromatic nitrogens is 6. The SMILES string of the molecule is CCc1cccc2nc(C(CC)Nc3ncnc4nc[nH]c34)n(Nc3ccccc3)c(=O)c12. The second-order valence-corrected chi connectivity index (χ2v) is 7.68. The van der Waals surface area contributed by atoms with Crippen molar-refractivity contribution in [1.29, 1.82) is 0 Å². The molecule has 33 heavy (non-hydrogen) atoms. The Labute approximate surface area is 189 Å². The van der Waals surface area contributed by atoms with E-state index in [9.17, 15) is 4.79 Å². The Morgan fingerprint density at radius 2 is 1.88 bits per heavy atom. The molecular formula is C24H24N8O. The van der Waals surface area contributed by atoms with Crippen molar-refractivity contribution in [3.63, 3.8) is 0 Å². The molecule has 0 fully saturated rings. The summed E-state index contributed by atoms with van der Waals surface area (Å²) in [5.74, 6) is 1.17. The van der Waals surface area contributed by atoms with E-state index in [1.54, 1.807) is 11.0 Å². The third kappa shape index (κ3) is 3.78. The van der Waals surface area contributed by atoms with Crippen molar-refractivity contribution >= 4 is 33.6 Å². The molecule has 0 spiro atoms. The van der Waals surface area contributed by atoms with Gasteiger partial charge in [0.15, 0.2) is 17.3 Å². The Bertz CT molecular complexity index is 1470. The molecule has 0 aliphatic rings. The first kappa shape index (κ1) is 20.6. The van der Waals surface area contributed by atoms with Crippen molar-refractivity contribution in [3.8, 4) is 0 Å². The van der Waals surface area contributed by atoms with E-state index in [4.69, 9.17) is 4.98 Å². The second-order valence-electron chi connectivity index (χ2n) is 7.68. The van der Waals surface area contributed by atoms with Gasteiger partial charge in [0.1, 0.15) is 11.8 Å². The molecule has 0 saturated heterocycles. The molecule has 0 amide bonds. The number of benzene rings is 2. The third-order valence-corrected chi connectivity index (χ3v) is 5.66. The summed E-state index contributed by atoms with van der Waals surface area (Å²) in [5, 5.41) is 4.06. The number of imidazole rings is 1. The van der Waals surface area contributed by atoms with Crippen LogP contribution < -0.4 is 16.3 Å². The zero-order valence-electron chi connectivity index (χ0n) is 18.4. The van der Waals surface area contributed by atoms with Crippen LogP contribution in [-0.2, 0) is 6.42 Å². The van der Waals surface area contributed by atoms with Gasteiger partial charge in [0.05, 0.1) is 29.0 Å². The van der Waals surface area contributed by atoms with Gasteiger partial charge in [-0.15, -0.1) is 0 Å². The lowest BCUT2D eigenvalue weighted by atomic mass is 10.1. The summed E-state index contributed by atoms with van der Waals surface area (Å²) in [6, 6.07) is 15.1. The van der Waals surface area contributed by atoms with Crippen molar-refractivity contribution in [1.82, 2.24) is 29.6 Å². The minimum Gasteiger partial charge on any atom is -0.358 e. The molecule has 0 aliphatic heterocycles. The van der Waals surface area contributed by atoms with Crippen LogP contribution in [0.4, 0.5) is 11.5 Å². The summed E-state index contributed by atoms with van der Waals surface area (Å²) in [6.45, 7) is 4.08. The molecule has 166 valence electrons. The third-order valence-electron chi connectivity index (χ3n) is 5.66. The van der Waals surface area contributed by atoms with E-state index in [-0.39, 0.29) is 11.6 Å². The average Bonchev–Trinajstić information content (AvgIpc) is 3.34. The quantitative estimate of drug-likeness (QED) is 0.350. The van der Waals surface area contributed by atoms with Crippen LogP contribution in [0.5, 0.6) is 0 Å². The fourth-order valence-corrected chi connectivity index (χ4v) is 3.98. The fraction of sp³-hybridized carbons (Fsp3) is 0.208. The fourth-order valence-electron chi connectivity index (χ4n) is 3.98. The van der Waals surface area contributed by atoms with E-state index in [1.807, 2.05) is 62.4 Å². The van der Waals surface area contributed by atoms with Gasteiger partial charge in [-0.3, -0.25) is 10.2 Å². The van der Waals surface area contributed by atoms with Crippen molar-refractivity contribution in [2.75, 3.05) is 10.7 Å². The normalized spacial score (nSPS) is 12.2. The number of H-pyrrole nitrogens is 1. The molecule has 5 rings (SSSR count). The van der Waals surface area contributed by atoms with Gasteiger partial charge in [0, 0.05) is 0 Å². The van der Waals surface area contributed by atoms with Crippen LogP contribution in [0.2, 0.25) is 0 Å². The molecule has 1 unspecified atom stereocenters. The van der Waals surface area contributed by atoms with Gasteiger partial charge in [0.2, 0.25) is 0 Å². The summed E-state index contributed by atoms with van der Waals surface area (Å²) < 4.78 is 1.54. The van der Waals surface area contributed by atoms with E-state index in [1.165, 1.54) is 6.33 Å². The van der Waals surface area contributed by atoms with Crippen molar-refractivity contribution in [2.24, 2.45) is 0 Å². The van der Waals surface area contributed by atoms with Gasteiger partial charge in [-0.25, -0.2) is 24.6 Å². The van der Waals surface area contributed by atoms with E-state index in [0.29, 0.717) is 40.1 Å². The first-order valence-corrected chi connectivity index (χ1v) is 11.0. The van der Waals surface area contributed by atoms with Crippen LogP contribution in [0, 0.1) is 0 Å². The summed E-state index contributed by atoms with van der Waals surface area (Å²) >= 11 is 0. The highest BCUT2D eigenvalue weighted by molar-refractivity contribution is 5.83. The number of hydrogen-bond acceptors (Lipinski definition) is 7. The lowest BCUT2D eigenvalue weighted by Gasteiger charge is -2.23. The second kappa shape index (κ2) is 8.70. The number of rotatable bonds is 7. The molecule has 9 heteroatoms. The van der Waals surface area contributed by atoms with Gasteiger partial charge in [-0.2, -0.15) is 0 Å². The van der Waals surface area contributed by atoms with Gasteiger partial charge in [-0.05, 0) is 36.6 Å². The molecule has 0 bridgehead atoms. The van der Waals surface area contributed by atoms with Crippen LogP contribution in [-0.4, -0.2) is 29.6 Å². The lowest BCUT2D eigenvalue weighted by molar-refractivity contribution is 0.640. The molecule has 3 heterocycles. The number of anilines is 2. The Morgan fingerprint density at radius 1 is 1.03 bits per heavy atom. The molecule has 0 saturated carbocycles. The summed E-state index contributed by atoms with van der Waals surface area (Å²) in [5.41, 5.74) is 6.85. The first-order valence-electron chi connectivity index (χ1n) is 11.0. The minimum atomic E-state index is -0.301. The van der Waals surface area contributed by atoms with Crippen molar-refractivity contribution in [2.45, 2.75) is 32.7 Å². The van der Waals surface area contributed by atoms with Crippen LogP contribution >= 0.6 is 0 Å². The van der Waals surface area contributed by atoms with Crippen LogP contribution in [0.25, 0.3) is 22.1 Å². The van der Waals surface area contributed by atoms with Gasteiger partial charge in [0.25, 0.3) is 5.56 Å². The highest BCUT2D eigenvalue weighted by Gasteiger charge is 2.22. The highest BCUT2D eigenvalue weighted by atomic mass is 16.1. The Kier molecular flexibility index (Phi) is 5.43. The van der Waals surface area contributed by atoms with Crippen LogP contribution in [0.1, 0.15) is 37.7 Å². The maximum absolute atomic E-state index is 13.8. The Morgan fingerprint density at radius 3 is 2.67 bits per heavy atom. The number of fused-ring (bicyclic) bond motifs is 2. The number of aryl methyl sites for hydroxylation is 1. The van der Waals surface area contributed by atoms with Gasteiger partial charge in [-0.1, -0.05) is 44.2 Å². The zero-order valence-corrected chi connectivity index (χ0v) is 18.4. The zero-order chi connectivity index (χ0) is 22.8. The van der Waals surface area contributed by atoms with E-state index >= 15 is 0 Å². The predicted octanol–water partition coefficient (Wildman–Crippen LogP) is 4.06. The standard InChI is InChI=1S/C24H24N8O/c1-3-15-9-8-12-18-19(15)24(33)32(31-16-10-6-5-7-11-16)23(30-18)17(4-2)29-22-20-21(26-13-25-20)27-14-28-22/h5-14,17,31H,3-4H2,1-2H3,(H2,25,26,27,28,29). The molecule has 0 radical (unpaired) electrons. The van der Waals surface area contributed by atoms with Crippen LogP contribution in [0.3, 0.4) is 0 Å². The summed E-state index contributed by atoms with van der Waals surface area (Å²) in [4.78, 5) is 34.6. The molecule has 3 aromatic heterocycles. The minimum absolute atomic E-state index is 0.133. The van der Waals surface area contributed by atoms with Crippen LogP contribution in [0.15, 0.2) is 66.0 Å². The maximum Gasteiger partial charge on any atom is 0.280 e. The van der Waals surface area contributed by atoms with Crippen molar-refractivity contribution in [3.05, 3.63) is 82.9 Å². The topological polar surface area (TPSA) is 113 Å². The van der Waals surface area contributed by atoms with E-state index < -0.39 is 0 Å². The van der Waals surface area contributed by atoms with Gasteiger partial charge < -0.3 is 10.3 Å². The number of nitrogens with one attached hydrogen (secondary N) is 3.